The molecule has 4 atom stereocenters. The lowest BCUT2D eigenvalue weighted by atomic mass is 10.1. The van der Waals surface area contributed by atoms with E-state index in [1.165, 1.54) is 0 Å². The average molecular weight is 280 g/mol. The van der Waals surface area contributed by atoms with Crippen LogP contribution in [0.5, 0.6) is 0 Å². The van der Waals surface area contributed by atoms with Crippen molar-refractivity contribution in [3.05, 3.63) is 35.9 Å². The Morgan fingerprint density at radius 3 is 2.75 bits per heavy atom. The normalized spacial score (nSPS) is 35.8. The van der Waals surface area contributed by atoms with Crippen LogP contribution in [-0.2, 0) is 25.6 Å². The second kappa shape index (κ2) is 5.42. The van der Waals surface area contributed by atoms with Gasteiger partial charge in [-0.15, -0.1) is 0 Å². The third-order valence-electron chi connectivity index (χ3n) is 3.52. The summed E-state index contributed by atoms with van der Waals surface area (Å²) < 4.78 is 22.6. The molecule has 1 unspecified atom stereocenters. The number of ether oxygens (including phenoxy) is 4. The molecule has 0 radical (unpaired) electrons. The van der Waals surface area contributed by atoms with Crippen LogP contribution < -0.4 is 0 Å². The first-order valence-corrected chi connectivity index (χ1v) is 6.86. The summed E-state index contributed by atoms with van der Waals surface area (Å²) in [5.41, 5.74) is 1.04. The molecule has 2 fully saturated rings. The second-order valence-corrected chi connectivity index (χ2v) is 5.63. The van der Waals surface area contributed by atoms with Crippen LogP contribution in [-0.4, -0.2) is 42.1 Å². The van der Waals surface area contributed by atoms with Gasteiger partial charge in [-0.05, 0) is 19.4 Å². The quantitative estimate of drug-likeness (QED) is 0.908. The molecule has 2 aliphatic rings. The van der Waals surface area contributed by atoms with Gasteiger partial charge in [0, 0.05) is 0 Å². The molecule has 0 bridgehead atoms. The minimum atomic E-state index is -0.848. The molecule has 2 saturated heterocycles. The Balaban J connectivity index is 1.59. The van der Waals surface area contributed by atoms with Crippen molar-refractivity contribution in [3.63, 3.8) is 0 Å². The van der Waals surface area contributed by atoms with Crippen LogP contribution in [0.2, 0.25) is 0 Å². The van der Waals surface area contributed by atoms with E-state index >= 15 is 0 Å². The van der Waals surface area contributed by atoms with Gasteiger partial charge >= 0.3 is 0 Å². The Labute approximate surface area is 118 Å². The van der Waals surface area contributed by atoms with Crippen LogP contribution in [0.4, 0.5) is 0 Å². The van der Waals surface area contributed by atoms with E-state index in [0.29, 0.717) is 13.2 Å². The van der Waals surface area contributed by atoms with Gasteiger partial charge in [-0.25, -0.2) is 0 Å². The van der Waals surface area contributed by atoms with Gasteiger partial charge < -0.3 is 24.1 Å². The number of aliphatic hydroxyl groups excluding tert-OH is 1. The lowest BCUT2D eigenvalue weighted by Gasteiger charge is -2.34. The van der Waals surface area contributed by atoms with Crippen LogP contribution in [0.1, 0.15) is 19.4 Å². The number of rotatable bonds is 3. The maximum absolute atomic E-state index is 10.3. The summed E-state index contributed by atoms with van der Waals surface area (Å²) in [6.45, 7) is 4.42. The molecule has 5 nitrogen and oxygen atoms in total. The highest BCUT2D eigenvalue weighted by Gasteiger charge is 2.50. The van der Waals surface area contributed by atoms with E-state index in [1.807, 2.05) is 44.2 Å². The molecule has 0 spiro atoms. The van der Waals surface area contributed by atoms with Crippen molar-refractivity contribution in [1.82, 2.24) is 0 Å². The molecule has 110 valence electrons. The maximum atomic E-state index is 10.3. The number of fused-ring (bicyclic) bond motifs is 1. The van der Waals surface area contributed by atoms with Gasteiger partial charge in [0.1, 0.15) is 18.3 Å². The average Bonchev–Trinajstić information content (AvgIpc) is 2.75. The zero-order valence-electron chi connectivity index (χ0n) is 11.7. The first-order chi connectivity index (χ1) is 9.55. The van der Waals surface area contributed by atoms with Gasteiger partial charge in [0.2, 0.25) is 0 Å². The van der Waals surface area contributed by atoms with E-state index in [4.69, 9.17) is 18.9 Å². The van der Waals surface area contributed by atoms with Crippen molar-refractivity contribution in [2.75, 3.05) is 6.61 Å². The number of aliphatic hydroxyl groups is 1. The zero-order chi connectivity index (χ0) is 14.2. The summed E-state index contributed by atoms with van der Waals surface area (Å²) in [5, 5.41) is 10.3. The fraction of sp³-hybridized carbons (Fsp3) is 0.600. The number of benzene rings is 1. The Kier molecular flexibility index (Phi) is 3.79. The Morgan fingerprint density at radius 2 is 2.00 bits per heavy atom. The van der Waals surface area contributed by atoms with Gasteiger partial charge in [0.15, 0.2) is 12.1 Å². The van der Waals surface area contributed by atoms with Gasteiger partial charge in [-0.3, -0.25) is 0 Å². The molecule has 5 heteroatoms. The number of hydrogen-bond donors (Lipinski definition) is 1. The van der Waals surface area contributed by atoms with E-state index < -0.39 is 24.3 Å². The highest BCUT2D eigenvalue weighted by molar-refractivity contribution is 5.13. The minimum absolute atomic E-state index is 0.239. The van der Waals surface area contributed by atoms with Gasteiger partial charge in [0.05, 0.1) is 13.2 Å². The van der Waals surface area contributed by atoms with E-state index in [0.717, 1.165) is 5.56 Å². The summed E-state index contributed by atoms with van der Waals surface area (Å²) >= 11 is 0. The summed E-state index contributed by atoms with van der Waals surface area (Å²) in [5.74, 6) is -0.687. The van der Waals surface area contributed by atoms with Crippen LogP contribution in [0.3, 0.4) is 0 Å². The Bertz CT molecular complexity index is 447. The first kappa shape index (κ1) is 14.0. The van der Waals surface area contributed by atoms with Gasteiger partial charge in [-0.2, -0.15) is 0 Å². The van der Waals surface area contributed by atoms with Crippen LogP contribution in [0.15, 0.2) is 30.3 Å². The molecule has 0 amide bonds. The smallest absolute Gasteiger partial charge is 0.186 e. The third-order valence-corrected chi connectivity index (χ3v) is 3.52. The van der Waals surface area contributed by atoms with Crippen LogP contribution >= 0.6 is 0 Å². The van der Waals surface area contributed by atoms with Crippen molar-refractivity contribution in [2.45, 2.75) is 50.8 Å². The fourth-order valence-electron chi connectivity index (χ4n) is 2.62. The molecule has 2 heterocycles. The SMILES string of the molecule is CC1(C)O[C@H]2CO[C@@H](OCc3ccccc3)C(O)[C@@H]2O1. The Hall–Kier alpha value is -0.980. The lowest BCUT2D eigenvalue weighted by molar-refractivity contribution is -0.255. The van der Waals surface area contributed by atoms with Gasteiger partial charge in [0.25, 0.3) is 0 Å². The van der Waals surface area contributed by atoms with E-state index in [9.17, 15) is 5.11 Å². The highest BCUT2D eigenvalue weighted by Crippen LogP contribution is 2.34. The maximum Gasteiger partial charge on any atom is 0.186 e. The molecule has 1 aromatic carbocycles. The lowest BCUT2D eigenvalue weighted by Crippen LogP contribution is -2.52. The molecule has 0 aliphatic carbocycles. The fourth-order valence-corrected chi connectivity index (χ4v) is 2.62. The Morgan fingerprint density at radius 1 is 1.25 bits per heavy atom. The predicted molar refractivity (Wildman–Crippen MR) is 70.8 cm³/mol. The van der Waals surface area contributed by atoms with E-state index in [1.54, 1.807) is 0 Å². The van der Waals surface area contributed by atoms with Crippen molar-refractivity contribution in [1.29, 1.82) is 0 Å². The second-order valence-electron chi connectivity index (χ2n) is 5.63. The molecule has 3 rings (SSSR count). The largest absolute Gasteiger partial charge is 0.385 e. The minimum Gasteiger partial charge on any atom is -0.385 e. The predicted octanol–water partition coefficient (Wildman–Crippen LogP) is 1.44. The molecule has 0 aromatic heterocycles. The summed E-state index contributed by atoms with van der Waals surface area (Å²) in [7, 11) is 0. The van der Waals surface area contributed by atoms with E-state index in [2.05, 4.69) is 0 Å². The van der Waals surface area contributed by atoms with Crippen molar-refractivity contribution >= 4 is 0 Å². The molecule has 20 heavy (non-hydrogen) atoms. The number of hydrogen-bond acceptors (Lipinski definition) is 5. The van der Waals surface area contributed by atoms with Crippen LogP contribution in [0.25, 0.3) is 0 Å². The first-order valence-electron chi connectivity index (χ1n) is 6.86. The van der Waals surface area contributed by atoms with Crippen molar-refractivity contribution in [3.8, 4) is 0 Å². The monoisotopic (exact) mass is 280 g/mol. The molecule has 1 aromatic rings. The molecular weight excluding hydrogens is 260 g/mol. The summed E-state index contributed by atoms with van der Waals surface area (Å²) in [4.78, 5) is 0. The summed E-state index contributed by atoms with van der Waals surface area (Å²) in [6, 6.07) is 9.78. The molecule has 2 aliphatic heterocycles. The molecule has 1 N–H and O–H groups in total. The standard InChI is InChI=1S/C15H20O5/c1-15(2)19-11-9-18-14(12(16)13(11)20-15)17-8-10-6-4-3-5-7-10/h3-7,11-14,16H,8-9H2,1-2H3/t11-,12?,13+,14+/m0/s1. The topological polar surface area (TPSA) is 57.2 Å². The van der Waals surface area contributed by atoms with Crippen molar-refractivity contribution in [2.24, 2.45) is 0 Å². The summed E-state index contributed by atoms with van der Waals surface area (Å²) in [6.07, 6.45) is -2.18. The third kappa shape index (κ3) is 2.87. The van der Waals surface area contributed by atoms with Crippen LogP contribution in [0, 0.1) is 0 Å². The molecule has 0 saturated carbocycles. The zero-order valence-corrected chi connectivity index (χ0v) is 11.7. The van der Waals surface area contributed by atoms with Crippen molar-refractivity contribution < 1.29 is 24.1 Å². The molecular formula is C15H20O5. The van der Waals surface area contributed by atoms with E-state index in [-0.39, 0.29) is 6.10 Å². The van der Waals surface area contributed by atoms with Gasteiger partial charge in [-0.1, -0.05) is 30.3 Å². The highest BCUT2D eigenvalue weighted by atomic mass is 16.8.